The van der Waals surface area contributed by atoms with Crippen LogP contribution < -0.4 is 0 Å². The number of thioether (sulfide) groups is 1. The van der Waals surface area contributed by atoms with Crippen LogP contribution >= 0.6 is 11.8 Å². The molecule has 2 heterocycles. The van der Waals surface area contributed by atoms with Gasteiger partial charge in [-0.25, -0.2) is 13.6 Å². The molecule has 2 atom stereocenters. The van der Waals surface area contributed by atoms with Gasteiger partial charge in [0, 0.05) is 18.2 Å². The SMILES string of the molecule is CC(=O)N1[C@@H](c2ccco2)SC[C@H]1C(=O)OCC(=O)c1ccc(F)c(F)c1. The zero-order valence-corrected chi connectivity index (χ0v) is 15.0. The van der Waals surface area contributed by atoms with Gasteiger partial charge in [-0.2, -0.15) is 0 Å². The minimum atomic E-state index is -1.16. The summed E-state index contributed by atoms with van der Waals surface area (Å²) in [4.78, 5) is 37.8. The molecule has 2 aromatic rings. The summed E-state index contributed by atoms with van der Waals surface area (Å²) in [6.45, 7) is 0.691. The van der Waals surface area contributed by atoms with E-state index in [4.69, 9.17) is 9.15 Å². The van der Waals surface area contributed by atoms with E-state index in [-0.39, 0.29) is 17.2 Å². The fourth-order valence-electron chi connectivity index (χ4n) is 2.71. The molecule has 1 aliphatic rings. The summed E-state index contributed by atoms with van der Waals surface area (Å²) in [6.07, 6.45) is 1.47. The molecule has 1 fully saturated rings. The van der Waals surface area contributed by atoms with Gasteiger partial charge < -0.3 is 14.1 Å². The van der Waals surface area contributed by atoms with Gasteiger partial charge in [0.25, 0.3) is 0 Å². The Kier molecular flexibility index (Phi) is 5.59. The summed E-state index contributed by atoms with van der Waals surface area (Å²) < 4.78 is 36.5. The number of nitrogens with zero attached hydrogens (tertiary/aromatic N) is 1. The summed E-state index contributed by atoms with van der Waals surface area (Å²) in [5.74, 6) is -3.19. The maximum absolute atomic E-state index is 13.2. The molecule has 0 aliphatic carbocycles. The Morgan fingerprint density at radius 1 is 1.26 bits per heavy atom. The highest BCUT2D eigenvalue weighted by atomic mass is 32.2. The smallest absolute Gasteiger partial charge is 0.330 e. The average Bonchev–Trinajstić information content (AvgIpc) is 3.30. The lowest BCUT2D eigenvalue weighted by Crippen LogP contribution is -2.43. The van der Waals surface area contributed by atoms with E-state index in [0.29, 0.717) is 5.76 Å². The van der Waals surface area contributed by atoms with Gasteiger partial charge in [-0.3, -0.25) is 9.59 Å². The highest BCUT2D eigenvalue weighted by Crippen LogP contribution is 2.41. The quantitative estimate of drug-likeness (QED) is 0.572. The minimum absolute atomic E-state index is 0.112. The monoisotopic (exact) mass is 395 g/mol. The third kappa shape index (κ3) is 4.02. The standard InChI is InChI=1S/C18H15F2NO5S/c1-10(22)21-14(9-27-17(21)16-3-2-6-25-16)18(24)26-8-15(23)11-4-5-12(19)13(20)7-11/h2-7,14,17H,8-9H2,1H3/t14-,17+/m0/s1. The van der Waals surface area contributed by atoms with Crippen molar-refractivity contribution < 1.29 is 32.3 Å². The third-order valence-electron chi connectivity index (χ3n) is 4.01. The second-order valence-corrected chi connectivity index (χ2v) is 6.92. The van der Waals surface area contributed by atoms with Gasteiger partial charge in [-0.1, -0.05) is 0 Å². The van der Waals surface area contributed by atoms with Crippen LogP contribution in [0.25, 0.3) is 0 Å². The lowest BCUT2D eigenvalue weighted by molar-refractivity contribution is -0.152. The van der Waals surface area contributed by atoms with Crippen LogP contribution in [0.5, 0.6) is 0 Å². The first-order valence-electron chi connectivity index (χ1n) is 7.97. The van der Waals surface area contributed by atoms with Crippen molar-refractivity contribution in [1.29, 1.82) is 0 Å². The number of carbonyl (C=O) groups excluding carboxylic acids is 3. The number of benzene rings is 1. The molecule has 27 heavy (non-hydrogen) atoms. The Bertz CT molecular complexity index is 871. The summed E-state index contributed by atoms with van der Waals surface area (Å²) in [6, 6.07) is 5.18. The van der Waals surface area contributed by atoms with Crippen LogP contribution in [0, 0.1) is 11.6 Å². The maximum Gasteiger partial charge on any atom is 0.330 e. The molecule has 0 spiro atoms. The zero-order chi connectivity index (χ0) is 19.6. The molecular formula is C18H15F2NO5S. The molecule has 1 aromatic carbocycles. The molecule has 9 heteroatoms. The van der Waals surface area contributed by atoms with Crippen LogP contribution in [-0.4, -0.2) is 41.0 Å². The van der Waals surface area contributed by atoms with Crippen molar-refractivity contribution in [3.05, 3.63) is 59.6 Å². The van der Waals surface area contributed by atoms with Crippen LogP contribution in [0.15, 0.2) is 41.0 Å². The molecule has 0 N–H and O–H groups in total. The Morgan fingerprint density at radius 2 is 2.04 bits per heavy atom. The number of Topliss-reactive ketones (excluding diaryl/α,β-unsaturated/α-hetero) is 1. The number of hydrogen-bond acceptors (Lipinski definition) is 6. The summed E-state index contributed by atoms with van der Waals surface area (Å²) in [5.41, 5.74) is -0.112. The molecule has 0 saturated carbocycles. The fraction of sp³-hybridized carbons (Fsp3) is 0.278. The molecular weight excluding hydrogens is 380 g/mol. The molecule has 0 bridgehead atoms. The van der Waals surface area contributed by atoms with Crippen molar-refractivity contribution in [3.63, 3.8) is 0 Å². The van der Waals surface area contributed by atoms with Crippen molar-refractivity contribution in [2.24, 2.45) is 0 Å². The van der Waals surface area contributed by atoms with E-state index >= 15 is 0 Å². The molecule has 0 radical (unpaired) electrons. The summed E-state index contributed by atoms with van der Waals surface area (Å²) >= 11 is 1.34. The molecule has 1 aromatic heterocycles. The van der Waals surface area contributed by atoms with E-state index in [0.717, 1.165) is 18.2 Å². The number of hydrogen-bond donors (Lipinski definition) is 0. The van der Waals surface area contributed by atoms with Gasteiger partial charge in [0.1, 0.15) is 17.2 Å². The van der Waals surface area contributed by atoms with Crippen molar-refractivity contribution in [2.45, 2.75) is 18.3 Å². The number of ether oxygens (including phenoxy) is 1. The van der Waals surface area contributed by atoms with Crippen LogP contribution in [0.2, 0.25) is 0 Å². The summed E-state index contributed by atoms with van der Waals surface area (Å²) in [5, 5.41) is -0.461. The highest BCUT2D eigenvalue weighted by Gasteiger charge is 2.43. The zero-order valence-electron chi connectivity index (χ0n) is 14.2. The number of esters is 1. The van der Waals surface area contributed by atoms with E-state index in [2.05, 4.69) is 0 Å². The minimum Gasteiger partial charge on any atom is -0.466 e. The number of halogens is 2. The fourth-order valence-corrected chi connectivity index (χ4v) is 4.12. The predicted octanol–water partition coefficient (Wildman–Crippen LogP) is 2.95. The Labute approximate surface area is 157 Å². The molecule has 1 saturated heterocycles. The van der Waals surface area contributed by atoms with Crippen molar-refractivity contribution >= 4 is 29.4 Å². The first-order chi connectivity index (χ1) is 12.9. The highest BCUT2D eigenvalue weighted by molar-refractivity contribution is 7.99. The number of ketones is 1. The van der Waals surface area contributed by atoms with E-state index in [1.54, 1.807) is 12.1 Å². The van der Waals surface area contributed by atoms with Crippen molar-refractivity contribution in [2.75, 3.05) is 12.4 Å². The topological polar surface area (TPSA) is 76.8 Å². The van der Waals surface area contributed by atoms with Crippen LogP contribution in [0.4, 0.5) is 8.78 Å². The van der Waals surface area contributed by atoms with Gasteiger partial charge >= 0.3 is 5.97 Å². The van der Waals surface area contributed by atoms with Gasteiger partial charge in [0.2, 0.25) is 5.91 Å². The number of furan rings is 1. The molecule has 142 valence electrons. The number of rotatable bonds is 5. The predicted molar refractivity (Wildman–Crippen MR) is 91.9 cm³/mol. The molecule has 6 nitrogen and oxygen atoms in total. The Hall–Kier alpha value is -2.68. The van der Waals surface area contributed by atoms with Crippen molar-refractivity contribution in [1.82, 2.24) is 4.90 Å². The van der Waals surface area contributed by atoms with Crippen molar-refractivity contribution in [3.8, 4) is 0 Å². The van der Waals surface area contributed by atoms with Crippen LogP contribution in [0.3, 0.4) is 0 Å². The molecule has 0 unspecified atom stereocenters. The molecule has 1 amide bonds. The average molecular weight is 395 g/mol. The molecule has 3 rings (SSSR count). The second-order valence-electron chi connectivity index (χ2n) is 5.80. The number of carbonyl (C=O) groups is 3. The summed E-state index contributed by atoms with van der Waals surface area (Å²) in [7, 11) is 0. The van der Waals surface area contributed by atoms with E-state index < -0.39 is 41.4 Å². The van der Waals surface area contributed by atoms with Crippen LogP contribution in [-0.2, 0) is 14.3 Å². The van der Waals surface area contributed by atoms with E-state index in [9.17, 15) is 23.2 Å². The lowest BCUT2D eigenvalue weighted by atomic mass is 10.1. The van der Waals surface area contributed by atoms with E-state index in [1.165, 1.54) is 29.8 Å². The number of amides is 1. The Morgan fingerprint density at radius 3 is 2.67 bits per heavy atom. The third-order valence-corrected chi connectivity index (χ3v) is 5.29. The van der Waals surface area contributed by atoms with Gasteiger partial charge in [0.05, 0.1) is 6.26 Å². The first-order valence-corrected chi connectivity index (χ1v) is 9.02. The van der Waals surface area contributed by atoms with Crippen LogP contribution in [0.1, 0.15) is 28.4 Å². The second kappa shape index (κ2) is 7.91. The van der Waals surface area contributed by atoms with E-state index in [1.807, 2.05) is 0 Å². The van der Waals surface area contributed by atoms with Gasteiger partial charge in [-0.15, -0.1) is 11.8 Å². The Balaban J connectivity index is 1.65. The van der Waals surface area contributed by atoms with Gasteiger partial charge in [0.15, 0.2) is 24.0 Å². The van der Waals surface area contributed by atoms with Gasteiger partial charge in [-0.05, 0) is 30.3 Å². The maximum atomic E-state index is 13.2. The lowest BCUT2D eigenvalue weighted by Gasteiger charge is -2.25. The largest absolute Gasteiger partial charge is 0.466 e. The first kappa shape index (κ1) is 19.1. The normalized spacial score (nSPS) is 19.1. The molecule has 1 aliphatic heterocycles.